The molecule has 5 aliphatic rings. The molecule has 34 heavy (non-hydrogen) atoms. The molecule has 6 rings (SSSR count). The predicted molar refractivity (Wildman–Crippen MR) is 132 cm³/mol. The molecule has 4 saturated carbocycles. The van der Waals surface area contributed by atoms with Gasteiger partial charge in [-0.25, -0.2) is 4.79 Å². The van der Waals surface area contributed by atoms with Gasteiger partial charge < -0.3 is 14.6 Å². The SMILES string of the molecule is C[C@]12CC[C@H](N3CCCC(O)C3)C[C@H]1CC[C@@H]1[C@@H]2CC[C@]2(C)[C@@H](c3ccc(=O)oc3)CC[C@]12O. The molecule has 1 aliphatic heterocycles. The number of fused-ring (bicyclic) bond motifs is 5. The molecule has 2 heterocycles. The Morgan fingerprint density at radius 1 is 1.00 bits per heavy atom. The van der Waals surface area contributed by atoms with Gasteiger partial charge in [-0.1, -0.05) is 13.8 Å². The fourth-order valence-electron chi connectivity index (χ4n) is 9.95. The van der Waals surface area contributed by atoms with Gasteiger partial charge in [-0.2, -0.15) is 0 Å². The summed E-state index contributed by atoms with van der Waals surface area (Å²) in [5.74, 6) is 1.97. The van der Waals surface area contributed by atoms with Crippen LogP contribution in [0.25, 0.3) is 0 Å². The minimum absolute atomic E-state index is 0.143. The number of nitrogens with zero attached hydrogens (tertiary/aromatic N) is 1. The van der Waals surface area contributed by atoms with Crippen LogP contribution in [0.5, 0.6) is 0 Å². The van der Waals surface area contributed by atoms with Gasteiger partial charge in [-0.05, 0) is 118 Å². The summed E-state index contributed by atoms with van der Waals surface area (Å²) in [7, 11) is 0. The van der Waals surface area contributed by atoms with Gasteiger partial charge in [0.05, 0.1) is 18.0 Å². The molecule has 0 radical (unpaired) electrons. The number of hydrogen-bond donors (Lipinski definition) is 2. The summed E-state index contributed by atoms with van der Waals surface area (Å²) in [6.45, 7) is 6.88. The highest BCUT2D eigenvalue weighted by molar-refractivity contribution is 5.27. The number of aliphatic hydroxyl groups is 2. The zero-order valence-corrected chi connectivity index (χ0v) is 21.0. The fourth-order valence-corrected chi connectivity index (χ4v) is 9.95. The molecule has 5 nitrogen and oxygen atoms in total. The molecule has 0 spiro atoms. The van der Waals surface area contributed by atoms with E-state index in [0.29, 0.717) is 23.3 Å². The number of rotatable bonds is 2. The van der Waals surface area contributed by atoms with Crippen molar-refractivity contribution in [3.05, 3.63) is 34.4 Å². The second kappa shape index (κ2) is 8.18. The number of aliphatic hydroxyl groups excluding tert-OH is 1. The first-order valence-electron chi connectivity index (χ1n) is 14.0. The van der Waals surface area contributed by atoms with Gasteiger partial charge in [-0.3, -0.25) is 4.90 Å². The maximum atomic E-state index is 12.4. The summed E-state index contributed by atoms with van der Waals surface area (Å²) in [4.78, 5) is 14.1. The number of hydrogen-bond acceptors (Lipinski definition) is 5. The Balaban J connectivity index is 1.23. The van der Waals surface area contributed by atoms with Gasteiger partial charge >= 0.3 is 5.63 Å². The van der Waals surface area contributed by atoms with Gasteiger partial charge in [0.1, 0.15) is 0 Å². The van der Waals surface area contributed by atoms with Crippen LogP contribution in [0.3, 0.4) is 0 Å². The first kappa shape index (κ1) is 23.2. The van der Waals surface area contributed by atoms with Crippen LogP contribution < -0.4 is 5.63 Å². The van der Waals surface area contributed by atoms with E-state index < -0.39 is 5.60 Å². The van der Waals surface area contributed by atoms with Crippen LogP contribution in [0.1, 0.15) is 96.0 Å². The van der Waals surface area contributed by atoms with Gasteiger partial charge in [0, 0.05) is 24.1 Å². The minimum atomic E-state index is -0.626. The summed E-state index contributed by atoms with van der Waals surface area (Å²) in [6, 6.07) is 4.09. The van der Waals surface area contributed by atoms with Crippen molar-refractivity contribution in [2.24, 2.45) is 28.6 Å². The van der Waals surface area contributed by atoms with Crippen LogP contribution in [0.4, 0.5) is 0 Å². The Kier molecular flexibility index (Phi) is 5.59. The molecule has 1 aromatic rings. The van der Waals surface area contributed by atoms with Crippen LogP contribution in [-0.4, -0.2) is 45.9 Å². The van der Waals surface area contributed by atoms with E-state index in [1.165, 1.54) is 38.2 Å². The van der Waals surface area contributed by atoms with Crippen molar-refractivity contribution in [3.8, 4) is 0 Å². The van der Waals surface area contributed by atoms with Crippen LogP contribution in [-0.2, 0) is 0 Å². The van der Waals surface area contributed by atoms with E-state index in [1.807, 2.05) is 6.07 Å². The van der Waals surface area contributed by atoms with Gasteiger partial charge in [0.25, 0.3) is 0 Å². The highest BCUT2D eigenvalue weighted by atomic mass is 16.4. The lowest BCUT2D eigenvalue weighted by Crippen LogP contribution is -2.62. The van der Waals surface area contributed by atoms with Crippen LogP contribution in [0, 0.1) is 28.6 Å². The molecule has 5 fully saturated rings. The average molecular weight is 470 g/mol. The topological polar surface area (TPSA) is 73.9 Å². The number of β-amino-alcohol motifs (C(OH)–C–C–N with tert-alkyl or cyclic N) is 1. The Morgan fingerprint density at radius 3 is 2.62 bits per heavy atom. The van der Waals surface area contributed by atoms with Crippen LogP contribution in [0.15, 0.2) is 27.6 Å². The minimum Gasteiger partial charge on any atom is -0.431 e. The lowest BCUT2D eigenvalue weighted by molar-refractivity contribution is -0.204. The maximum Gasteiger partial charge on any atom is 0.335 e. The summed E-state index contributed by atoms with van der Waals surface area (Å²) in [5, 5.41) is 22.6. The van der Waals surface area contributed by atoms with Crippen LogP contribution >= 0.6 is 0 Å². The van der Waals surface area contributed by atoms with E-state index >= 15 is 0 Å². The molecule has 0 amide bonds. The van der Waals surface area contributed by atoms with Crippen molar-refractivity contribution in [2.75, 3.05) is 13.1 Å². The lowest BCUT2D eigenvalue weighted by Gasteiger charge is -2.64. The Morgan fingerprint density at radius 2 is 1.85 bits per heavy atom. The van der Waals surface area contributed by atoms with Crippen LogP contribution in [0.2, 0.25) is 0 Å². The van der Waals surface area contributed by atoms with Crippen molar-refractivity contribution >= 4 is 0 Å². The zero-order chi connectivity index (χ0) is 23.7. The molecule has 0 bridgehead atoms. The fraction of sp³-hybridized carbons (Fsp3) is 0.828. The Bertz CT molecular complexity index is 957. The van der Waals surface area contributed by atoms with Crippen molar-refractivity contribution in [1.29, 1.82) is 0 Å². The van der Waals surface area contributed by atoms with E-state index in [1.54, 1.807) is 6.26 Å². The first-order chi connectivity index (χ1) is 16.2. The third kappa shape index (κ3) is 3.33. The van der Waals surface area contributed by atoms with E-state index in [2.05, 4.69) is 18.7 Å². The molecule has 1 aromatic heterocycles. The van der Waals surface area contributed by atoms with E-state index in [9.17, 15) is 15.0 Å². The summed E-state index contributed by atoms with van der Waals surface area (Å²) < 4.78 is 5.23. The first-order valence-corrected chi connectivity index (χ1v) is 14.0. The summed E-state index contributed by atoms with van der Waals surface area (Å²) in [6.07, 6.45) is 13.8. The molecular formula is C29H43NO4. The predicted octanol–water partition coefficient (Wildman–Crippen LogP) is 4.71. The molecular weight excluding hydrogens is 426 g/mol. The van der Waals surface area contributed by atoms with Crippen molar-refractivity contribution in [1.82, 2.24) is 4.90 Å². The molecule has 4 aliphatic carbocycles. The van der Waals surface area contributed by atoms with E-state index in [-0.39, 0.29) is 23.1 Å². The molecule has 1 saturated heterocycles. The highest BCUT2D eigenvalue weighted by Crippen LogP contribution is 2.70. The second-order valence-electron chi connectivity index (χ2n) is 13.1. The van der Waals surface area contributed by atoms with Crippen molar-refractivity contribution in [3.63, 3.8) is 0 Å². The monoisotopic (exact) mass is 469 g/mol. The maximum absolute atomic E-state index is 12.4. The van der Waals surface area contributed by atoms with E-state index in [0.717, 1.165) is 63.1 Å². The van der Waals surface area contributed by atoms with Gasteiger partial charge in [-0.15, -0.1) is 0 Å². The number of piperidine rings is 1. The molecule has 0 aromatic carbocycles. The summed E-state index contributed by atoms with van der Waals surface area (Å²) >= 11 is 0. The van der Waals surface area contributed by atoms with Crippen molar-refractivity contribution < 1.29 is 14.6 Å². The third-order valence-electron chi connectivity index (χ3n) is 11.9. The normalized spacial score (nSPS) is 49.2. The average Bonchev–Trinajstić information content (AvgIpc) is 3.10. The van der Waals surface area contributed by atoms with Gasteiger partial charge in [0.2, 0.25) is 0 Å². The highest BCUT2D eigenvalue weighted by Gasteiger charge is 2.67. The molecule has 9 atom stereocenters. The smallest absolute Gasteiger partial charge is 0.335 e. The number of likely N-dealkylation sites (tertiary alicyclic amines) is 1. The molecule has 2 N–H and O–H groups in total. The summed E-state index contributed by atoms with van der Waals surface area (Å²) in [5.41, 5.74) is 0.326. The third-order valence-corrected chi connectivity index (χ3v) is 11.9. The van der Waals surface area contributed by atoms with E-state index in [4.69, 9.17) is 4.42 Å². The Hall–Kier alpha value is -1.17. The Labute approximate surface area is 203 Å². The largest absolute Gasteiger partial charge is 0.431 e. The standard InChI is InChI=1S/C29H43NO4/c1-27-12-9-21(30-15-3-4-22(31)17-30)16-20(27)6-7-25-24(27)10-13-28(2)23(11-14-29(25,28)33)19-5-8-26(32)34-18-19/h5,8,18,20-25,31,33H,3-4,6-7,9-17H2,1-2H3/t20-,21+,22?,23-,24+,25-,27+,28-,29+/m1/s1. The van der Waals surface area contributed by atoms with Crippen molar-refractivity contribution in [2.45, 2.75) is 108 Å². The molecule has 188 valence electrons. The quantitative estimate of drug-likeness (QED) is 0.656. The lowest BCUT2D eigenvalue weighted by atomic mass is 9.43. The van der Waals surface area contributed by atoms with Gasteiger partial charge in [0.15, 0.2) is 0 Å². The molecule has 1 unspecified atom stereocenters. The molecule has 5 heteroatoms. The second-order valence-corrected chi connectivity index (χ2v) is 13.1. The zero-order valence-electron chi connectivity index (χ0n) is 21.0.